The van der Waals surface area contributed by atoms with Gasteiger partial charge in [0.15, 0.2) is 0 Å². The predicted octanol–water partition coefficient (Wildman–Crippen LogP) is 0.763. The topological polar surface area (TPSA) is 90.0 Å². The van der Waals surface area contributed by atoms with Crippen molar-refractivity contribution in [2.45, 2.75) is 6.42 Å². The molecule has 0 aliphatic carbocycles. The van der Waals surface area contributed by atoms with Crippen molar-refractivity contribution in [3.8, 4) is 0 Å². The molecule has 0 radical (unpaired) electrons. The van der Waals surface area contributed by atoms with E-state index in [0.29, 0.717) is 24.3 Å². The molecule has 2 rings (SSSR count). The number of benzene rings is 1. The summed E-state index contributed by atoms with van der Waals surface area (Å²) in [5.41, 5.74) is 0.983. The zero-order valence-electron chi connectivity index (χ0n) is 11.7. The number of urea groups is 1. The average Bonchev–Trinajstić information content (AvgIpc) is 2.46. The van der Waals surface area contributed by atoms with Gasteiger partial charge < -0.3 is 15.3 Å². The summed E-state index contributed by atoms with van der Waals surface area (Å²) in [6, 6.07) is 6.44. The summed E-state index contributed by atoms with van der Waals surface area (Å²) >= 11 is 0. The summed E-state index contributed by atoms with van der Waals surface area (Å²) in [5, 5.41) is 11.5. The first-order valence-corrected chi connectivity index (χ1v) is 6.61. The number of aliphatic carboxylic acids is 1. The highest BCUT2D eigenvalue weighted by molar-refractivity contribution is 5.98. The van der Waals surface area contributed by atoms with Gasteiger partial charge in [0.05, 0.1) is 0 Å². The first-order valence-electron chi connectivity index (χ1n) is 6.61. The fourth-order valence-corrected chi connectivity index (χ4v) is 2.18. The molecular weight excluding hydrogens is 274 g/mol. The Morgan fingerprint density at radius 2 is 2.19 bits per heavy atom. The maximum Gasteiger partial charge on any atom is 0.323 e. The molecule has 1 aliphatic rings. The molecular formula is C14H17N3O4. The first-order chi connectivity index (χ1) is 9.99. The van der Waals surface area contributed by atoms with Gasteiger partial charge in [0.2, 0.25) is 0 Å². The average molecular weight is 291 g/mol. The molecule has 1 aromatic carbocycles. The first kappa shape index (κ1) is 14.8. The second kappa shape index (κ2) is 6.25. The van der Waals surface area contributed by atoms with Crippen LogP contribution in [0, 0.1) is 0 Å². The molecule has 3 amide bonds. The summed E-state index contributed by atoms with van der Waals surface area (Å²) < 4.78 is 0. The zero-order valence-corrected chi connectivity index (χ0v) is 11.7. The molecule has 7 heteroatoms. The van der Waals surface area contributed by atoms with Crippen LogP contribution in [0.1, 0.15) is 16.8 Å². The molecule has 1 heterocycles. The molecule has 0 saturated carbocycles. The number of amides is 3. The maximum atomic E-state index is 12.1. The minimum Gasteiger partial charge on any atom is -0.480 e. The summed E-state index contributed by atoms with van der Waals surface area (Å²) in [7, 11) is 1.43. The van der Waals surface area contributed by atoms with E-state index < -0.39 is 11.9 Å². The lowest BCUT2D eigenvalue weighted by atomic mass is 10.1. The van der Waals surface area contributed by atoms with Crippen molar-refractivity contribution in [1.29, 1.82) is 0 Å². The van der Waals surface area contributed by atoms with E-state index in [1.807, 2.05) is 0 Å². The van der Waals surface area contributed by atoms with Crippen molar-refractivity contribution in [3.63, 3.8) is 0 Å². The van der Waals surface area contributed by atoms with Crippen molar-refractivity contribution in [1.82, 2.24) is 10.2 Å². The van der Waals surface area contributed by atoms with Gasteiger partial charge in [0.25, 0.3) is 5.91 Å². The van der Waals surface area contributed by atoms with E-state index in [-0.39, 0.29) is 12.6 Å². The number of carboxylic acids is 1. The Kier molecular flexibility index (Phi) is 4.42. The van der Waals surface area contributed by atoms with E-state index in [9.17, 15) is 14.4 Å². The van der Waals surface area contributed by atoms with E-state index in [4.69, 9.17) is 5.11 Å². The molecule has 0 atom stereocenters. The zero-order chi connectivity index (χ0) is 15.4. The van der Waals surface area contributed by atoms with Crippen LogP contribution in [0.5, 0.6) is 0 Å². The van der Waals surface area contributed by atoms with Crippen molar-refractivity contribution in [2.75, 3.05) is 31.6 Å². The lowest BCUT2D eigenvalue weighted by Crippen LogP contribution is -2.46. The van der Waals surface area contributed by atoms with Crippen LogP contribution in [0.25, 0.3) is 0 Å². The fraction of sp³-hybridized carbons (Fsp3) is 0.357. The summed E-state index contributed by atoms with van der Waals surface area (Å²) in [6.07, 6.45) is 0.836. The van der Waals surface area contributed by atoms with Crippen LogP contribution in [0.2, 0.25) is 0 Å². The SMILES string of the molecule is CN(CC(=O)O)C(=O)c1cccc(N2CCCNC2=O)c1. The molecule has 112 valence electrons. The highest BCUT2D eigenvalue weighted by atomic mass is 16.4. The van der Waals surface area contributed by atoms with Gasteiger partial charge in [-0.1, -0.05) is 6.07 Å². The molecule has 0 aromatic heterocycles. The van der Waals surface area contributed by atoms with Gasteiger partial charge >= 0.3 is 12.0 Å². The molecule has 1 aromatic rings. The number of nitrogens with zero attached hydrogens (tertiary/aromatic N) is 2. The van der Waals surface area contributed by atoms with E-state index in [2.05, 4.69) is 5.32 Å². The van der Waals surface area contributed by atoms with Crippen LogP contribution in [0.15, 0.2) is 24.3 Å². The summed E-state index contributed by atoms with van der Waals surface area (Å²) in [6.45, 7) is 0.872. The Hall–Kier alpha value is -2.57. The number of rotatable bonds is 4. The molecule has 0 bridgehead atoms. The number of anilines is 1. The fourth-order valence-electron chi connectivity index (χ4n) is 2.18. The van der Waals surface area contributed by atoms with Crippen LogP contribution < -0.4 is 10.2 Å². The van der Waals surface area contributed by atoms with Gasteiger partial charge in [-0.3, -0.25) is 14.5 Å². The highest BCUT2D eigenvalue weighted by Crippen LogP contribution is 2.19. The number of hydrogen-bond donors (Lipinski definition) is 2. The summed E-state index contributed by atoms with van der Waals surface area (Å²) in [4.78, 5) is 37.3. The minimum atomic E-state index is -1.07. The Balaban J connectivity index is 2.19. The molecule has 2 N–H and O–H groups in total. The van der Waals surface area contributed by atoms with Crippen LogP contribution in [0.3, 0.4) is 0 Å². The highest BCUT2D eigenvalue weighted by Gasteiger charge is 2.21. The number of nitrogens with one attached hydrogen (secondary N) is 1. The molecule has 1 saturated heterocycles. The van der Waals surface area contributed by atoms with Crippen molar-refractivity contribution in [3.05, 3.63) is 29.8 Å². The summed E-state index contributed by atoms with van der Waals surface area (Å²) in [5.74, 6) is -1.46. The van der Waals surface area contributed by atoms with Crippen molar-refractivity contribution in [2.24, 2.45) is 0 Å². The van der Waals surface area contributed by atoms with E-state index in [0.717, 1.165) is 11.3 Å². The van der Waals surface area contributed by atoms with Gasteiger partial charge in [-0.15, -0.1) is 0 Å². The lowest BCUT2D eigenvalue weighted by Gasteiger charge is -2.28. The molecule has 0 unspecified atom stereocenters. The third-order valence-corrected chi connectivity index (χ3v) is 3.20. The van der Waals surface area contributed by atoms with Crippen LogP contribution in [-0.4, -0.2) is 54.6 Å². The molecule has 1 fully saturated rings. The molecule has 1 aliphatic heterocycles. The van der Waals surface area contributed by atoms with E-state index >= 15 is 0 Å². The van der Waals surface area contributed by atoms with E-state index in [1.54, 1.807) is 29.2 Å². The quantitative estimate of drug-likeness (QED) is 0.857. The van der Waals surface area contributed by atoms with Crippen LogP contribution in [-0.2, 0) is 4.79 Å². The largest absolute Gasteiger partial charge is 0.480 e. The Labute approximate surface area is 122 Å². The van der Waals surface area contributed by atoms with Gasteiger partial charge in [-0.25, -0.2) is 4.79 Å². The minimum absolute atomic E-state index is 0.190. The number of likely N-dealkylation sites (N-methyl/N-ethyl adjacent to an activating group) is 1. The van der Waals surface area contributed by atoms with Gasteiger partial charge in [-0.05, 0) is 24.6 Å². The lowest BCUT2D eigenvalue weighted by molar-refractivity contribution is -0.137. The standard InChI is InChI=1S/C14H17N3O4/c1-16(9-12(18)19)13(20)10-4-2-5-11(8-10)17-7-3-6-15-14(17)21/h2,4-5,8H,3,6-7,9H2,1H3,(H,15,21)(H,18,19). The molecule has 7 nitrogen and oxygen atoms in total. The Morgan fingerprint density at radius 3 is 2.86 bits per heavy atom. The van der Waals surface area contributed by atoms with Gasteiger partial charge in [0.1, 0.15) is 6.54 Å². The monoisotopic (exact) mass is 291 g/mol. The number of carboxylic acid groups (broad SMARTS) is 1. The van der Waals surface area contributed by atoms with Crippen LogP contribution in [0.4, 0.5) is 10.5 Å². The van der Waals surface area contributed by atoms with Crippen LogP contribution >= 0.6 is 0 Å². The van der Waals surface area contributed by atoms with Crippen molar-refractivity contribution < 1.29 is 19.5 Å². The third-order valence-electron chi connectivity index (χ3n) is 3.20. The second-order valence-corrected chi connectivity index (χ2v) is 4.84. The number of carbonyl (C=O) groups is 3. The Morgan fingerprint density at radius 1 is 1.43 bits per heavy atom. The van der Waals surface area contributed by atoms with Gasteiger partial charge in [0, 0.05) is 31.4 Å². The maximum absolute atomic E-state index is 12.1. The van der Waals surface area contributed by atoms with E-state index in [1.165, 1.54) is 7.05 Å². The Bertz CT molecular complexity index is 573. The normalized spacial score (nSPS) is 14.5. The van der Waals surface area contributed by atoms with Gasteiger partial charge in [-0.2, -0.15) is 0 Å². The second-order valence-electron chi connectivity index (χ2n) is 4.84. The molecule has 21 heavy (non-hydrogen) atoms. The third kappa shape index (κ3) is 3.50. The van der Waals surface area contributed by atoms with Crippen molar-refractivity contribution >= 4 is 23.6 Å². The number of hydrogen-bond acceptors (Lipinski definition) is 3. The molecule has 0 spiro atoms. The smallest absolute Gasteiger partial charge is 0.323 e. The predicted molar refractivity (Wildman–Crippen MR) is 76.4 cm³/mol. The number of carbonyl (C=O) groups excluding carboxylic acids is 2.